The number of nitrogens with one attached hydrogen (secondary N) is 3. The van der Waals surface area contributed by atoms with Crippen LogP contribution in [-0.2, 0) is 11.3 Å². The first-order chi connectivity index (χ1) is 14.0. The minimum absolute atomic E-state index is 0.221. The molecule has 3 rings (SSSR count). The largest absolute Gasteiger partial charge is 0.350 e. The van der Waals surface area contributed by atoms with E-state index >= 15 is 0 Å². The molecule has 7 heteroatoms. The topological polar surface area (TPSA) is 87.3 Å². The average molecular weight is 407 g/mol. The third kappa shape index (κ3) is 5.76. The van der Waals surface area contributed by atoms with Crippen molar-refractivity contribution in [3.63, 3.8) is 0 Å². The summed E-state index contributed by atoms with van der Waals surface area (Å²) in [5.74, 6) is -0.794. The third-order valence-electron chi connectivity index (χ3n) is 4.17. The second-order valence-corrected chi connectivity index (χ2v) is 7.36. The molecule has 3 N–H and O–H groups in total. The minimum Gasteiger partial charge on any atom is -0.350 e. The van der Waals surface area contributed by atoms with Crippen LogP contribution in [0.3, 0.4) is 0 Å². The molecule has 2 aromatic carbocycles. The van der Waals surface area contributed by atoms with Crippen molar-refractivity contribution >= 4 is 34.7 Å². The molecule has 6 nitrogen and oxygen atoms in total. The lowest BCUT2D eigenvalue weighted by Gasteiger charge is -2.14. The molecular formula is C22H21N3O3S. The molecule has 0 aliphatic heterocycles. The molecule has 1 heterocycles. The molecule has 0 saturated heterocycles. The van der Waals surface area contributed by atoms with Crippen LogP contribution in [0.5, 0.6) is 0 Å². The highest BCUT2D eigenvalue weighted by molar-refractivity contribution is 7.12. The normalized spacial score (nSPS) is 11.3. The van der Waals surface area contributed by atoms with Crippen molar-refractivity contribution in [2.24, 2.45) is 0 Å². The van der Waals surface area contributed by atoms with Crippen LogP contribution < -0.4 is 16.0 Å². The second kappa shape index (κ2) is 9.66. The van der Waals surface area contributed by atoms with E-state index in [4.69, 9.17) is 0 Å². The monoisotopic (exact) mass is 407 g/mol. The maximum absolute atomic E-state index is 12.4. The number of thiophene rings is 1. The summed E-state index contributed by atoms with van der Waals surface area (Å²) >= 11 is 1.32. The van der Waals surface area contributed by atoms with Gasteiger partial charge in [-0.1, -0.05) is 36.4 Å². The number of carbonyl (C=O) groups is 3. The van der Waals surface area contributed by atoms with Crippen molar-refractivity contribution in [2.75, 3.05) is 5.32 Å². The average Bonchev–Trinajstić information content (AvgIpc) is 3.28. The van der Waals surface area contributed by atoms with Crippen molar-refractivity contribution in [1.82, 2.24) is 10.6 Å². The molecule has 0 radical (unpaired) electrons. The summed E-state index contributed by atoms with van der Waals surface area (Å²) in [6.07, 6.45) is 0. The van der Waals surface area contributed by atoms with E-state index in [0.717, 1.165) is 5.56 Å². The molecule has 0 spiro atoms. The van der Waals surface area contributed by atoms with Crippen LogP contribution in [0.1, 0.15) is 32.5 Å². The molecule has 0 aliphatic carbocycles. The summed E-state index contributed by atoms with van der Waals surface area (Å²) in [5.41, 5.74) is 2.00. The van der Waals surface area contributed by atoms with E-state index in [1.807, 2.05) is 36.4 Å². The molecule has 3 amide bonds. The highest BCUT2D eigenvalue weighted by atomic mass is 32.1. The van der Waals surface area contributed by atoms with Gasteiger partial charge in [0.2, 0.25) is 5.91 Å². The van der Waals surface area contributed by atoms with E-state index in [-0.39, 0.29) is 24.3 Å². The Balaban J connectivity index is 1.53. The van der Waals surface area contributed by atoms with Gasteiger partial charge in [0, 0.05) is 17.8 Å². The van der Waals surface area contributed by atoms with Gasteiger partial charge in [0.05, 0.1) is 4.88 Å². The second-order valence-electron chi connectivity index (χ2n) is 6.41. The number of benzene rings is 2. The number of hydrogen-bond acceptors (Lipinski definition) is 4. The van der Waals surface area contributed by atoms with E-state index in [9.17, 15) is 14.4 Å². The van der Waals surface area contributed by atoms with Crippen LogP contribution in [-0.4, -0.2) is 23.8 Å². The van der Waals surface area contributed by atoms with Gasteiger partial charge in [-0.3, -0.25) is 14.4 Å². The number of anilines is 1. The number of hydrogen-bond donors (Lipinski definition) is 3. The SMILES string of the molecule is C[C@@H](NC(=O)c1cccs1)C(=O)NCc1cccc(C(=O)Nc2ccccc2)c1. The van der Waals surface area contributed by atoms with Gasteiger partial charge in [-0.05, 0) is 48.2 Å². The van der Waals surface area contributed by atoms with Crippen molar-refractivity contribution < 1.29 is 14.4 Å². The van der Waals surface area contributed by atoms with Crippen molar-refractivity contribution in [2.45, 2.75) is 19.5 Å². The van der Waals surface area contributed by atoms with Crippen LogP contribution in [0.2, 0.25) is 0 Å². The summed E-state index contributed by atoms with van der Waals surface area (Å²) in [4.78, 5) is 37.3. The maximum atomic E-state index is 12.4. The zero-order valence-electron chi connectivity index (χ0n) is 15.8. The number of carbonyl (C=O) groups excluding carboxylic acids is 3. The van der Waals surface area contributed by atoms with Gasteiger partial charge in [-0.2, -0.15) is 0 Å². The lowest BCUT2D eigenvalue weighted by molar-refractivity contribution is -0.122. The van der Waals surface area contributed by atoms with Gasteiger partial charge in [0.15, 0.2) is 0 Å². The van der Waals surface area contributed by atoms with Crippen LogP contribution in [0.4, 0.5) is 5.69 Å². The molecule has 3 aromatic rings. The predicted molar refractivity (Wildman–Crippen MR) is 114 cm³/mol. The fourth-order valence-electron chi connectivity index (χ4n) is 2.63. The zero-order valence-corrected chi connectivity index (χ0v) is 16.7. The lowest BCUT2D eigenvalue weighted by atomic mass is 10.1. The fourth-order valence-corrected chi connectivity index (χ4v) is 3.26. The predicted octanol–water partition coefficient (Wildman–Crippen LogP) is 3.44. The number of amides is 3. The Bertz CT molecular complexity index is 988. The fraction of sp³-hybridized carbons (Fsp3) is 0.136. The van der Waals surface area contributed by atoms with E-state index in [0.29, 0.717) is 16.1 Å². The van der Waals surface area contributed by atoms with E-state index in [2.05, 4.69) is 16.0 Å². The van der Waals surface area contributed by atoms with E-state index < -0.39 is 6.04 Å². The summed E-state index contributed by atoms with van der Waals surface area (Å²) in [6, 6.07) is 19.1. The molecule has 1 aromatic heterocycles. The smallest absolute Gasteiger partial charge is 0.261 e. The van der Waals surface area contributed by atoms with Crippen molar-refractivity contribution in [3.05, 3.63) is 88.1 Å². The van der Waals surface area contributed by atoms with Gasteiger partial charge in [-0.15, -0.1) is 11.3 Å². The summed E-state index contributed by atoms with van der Waals surface area (Å²) in [6.45, 7) is 1.88. The van der Waals surface area contributed by atoms with Crippen LogP contribution in [0.25, 0.3) is 0 Å². The molecule has 1 atom stereocenters. The van der Waals surface area contributed by atoms with Gasteiger partial charge < -0.3 is 16.0 Å². The standard InChI is InChI=1S/C22H21N3O3S/c1-15(24-22(28)19-11-6-12-29-19)20(26)23-14-16-7-5-8-17(13-16)21(27)25-18-9-3-2-4-10-18/h2-13,15H,14H2,1H3,(H,23,26)(H,24,28)(H,25,27)/t15-/m1/s1. The van der Waals surface area contributed by atoms with E-state index in [1.165, 1.54) is 11.3 Å². The Morgan fingerprint density at radius 3 is 2.45 bits per heavy atom. The Morgan fingerprint density at radius 2 is 1.72 bits per heavy atom. The van der Waals surface area contributed by atoms with Gasteiger partial charge in [-0.25, -0.2) is 0 Å². The molecule has 0 saturated carbocycles. The van der Waals surface area contributed by atoms with Gasteiger partial charge in [0.1, 0.15) is 6.04 Å². The number of para-hydroxylation sites is 1. The van der Waals surface area contributed by atoms with Crippen LogP contribution >= 0.6 is 11.3 Å². The Kier molecular flexibility index (Phi) is 6.76. The summed E-state index contributed by atoms with van der Waals surface area (Å²) < 4.78 is 0. The Labute approximate surface area is 173 Å². The first-order valence-electron chi connectivity index (χ1n) is 9.10. The zero-order chi connectivity index (χ0) is 20.6. The molecule has 0 bridgehead atoms. The van der Waals surface area contributed by atoms with E-state index in [1.54, 1.807) is 42.6 Å². The Hall–Kier alpha value is -3.45. The van der Waals surface area contributed by atoms with Gasteiger partial charge in [0.25, 0.3) is 11.8 Å². The summed E-state index contributed by atoms with van der Waals surface area (Å²) in [5, 5.41) is 10.1. The maximum Gasteiger partial charge on any atom is 0.261 e. The Morgan fingerprint density at radius 1 is 0.931 bits per heavy atom. The van der Waals surface area contributed by atoms with Gasteiger partial charge >= 0.3 is 0 Å². The number of rotatable bonds is 7. The molecule has 0 unspecified atom stereocenters. The lowest BCUT2D eigenvalue weighted by Crippen LogP contribution is -2.44. The summed E-state index contributed by atoms with van der Waals surface area (Å²) in [7, 11) is 0. The molecule has 0 fully saturated rings. The highest BCUT2D eigenvalue weighted by Gasteiger charge is 2.17. The van der Waals surface area contributed by atoms with Crippen LogP contribution in [0.15, 0.2) is 72.1 Å². The molecular weight excluding hydrogens is 386 g/mol. The quantitative estimate of drug-likeness (QED) is 0.561. The third-order valence-corrected chi connectivity index (χ3v) is 5.04. The van der Waals surface area contributed by atoms with Crippen LogP contribution in [0, 0.1) is 0 Å². The molecule has 29 heavy (non-hydrogen) atoms. The first-order valence-corrected chi connectivity index (χ1v) is 9.98. The minimum atomic E-state index is -0.672. The van der Waals surface area contributed by atoms with Crippen molar-refractivity contribution in [1.29, 1.82) is 0 Å². The van der Waals surface area contributed by atoms with Crippen molar-refractivity contribution in [3.8, 4) is 0 Å². The first kappa shape index (κ1) is 20.3. The molecule has 0 aliphatic rings. The highest BCUT2D eigenvalue weighted by Crippen LogP contribution is 2.11. The molecule has 148 valence electrons.